The van der Waals surface area contributed by atoms with Crippen LogP contribution in [-0.4, -0.2) is 0 Å². The van der Waals surface area contributed by atoms with Gasteiger partial charge in [0.2, 0.25) is 0 Å². The lowest BCUT2D eigenvalue weighted by molar-refractivity contribution is 0.557. The molecule has 0 saturated heterocycles. The molecular weight excluding hydrogens is 300 g/mol. The zero-order valence-corrected chi connectivity index (χ0v) is 15.7. The molecule has 0 heteroatoms. The Kier molecular flexibility index (Phi) is 6.91. The molecule has 2 aromatic rings. The van der Waals surface area contributed by atoms with E-state index < -0.39 is 0 Å². The highest BCUT2D eigenvalue weighted by molar-refractivity contribution is 5.91. The molecule has 0 spiro atoms. The lowest BCUT2D eigenvalue weighted by Gasteiger charge is -2.17. The van der Waals surface area contributed by atoms with Crippen LogP contribution in [0, 0.1) is 0 Å². The maximum Gasteiger partial charge on any atom is 0.0101 e. The number of hydrogen-bond donors (Lipinski definition) is 0. The van der Waals surface area contributed by atoms with Crippen molar-refractivity contribution in [3.63, 3.8) is 0 Å². The van der Waals surface area contributed by atoms with Gasteiger partial charge in [-0.2, -0.15) is 0 Å². The van der Waals surface area contributed by atoms with E-state index in [1.54, 1.807) is 0 Å². The summed E-state index contributed by atoms with van der Waals surface area (Å²) in [6, 6.07) is 19.9. The number of hydrogen-bond acceptors (Lipinski definition) is 0. The van der Waals surface area contributed by atoms with Crippen LogP contribution in [0.5, 0.6) is 0 Å². The van der Waals surface area contributed by atoms with E-state index in [2.05, 4.69) is 67.6 Å². The van der Waals surface area contributed by atoms with Crippen molar-refractivity contribution in [1.29, 1.82) is 0 Å². The van der Waals surface area contributed by atoms with Crippen molar-refractivity contribution in [2.75, 3.05) is 0 Å². The van der Waals surface area contributed by atoms with Gasteiger partial charge in [0.25, 0.3) is 0 Å². The molecule has 0 aliphatic heterocycles. The molecule has 2 aromatic carbocycles. The molecule has 0 saturated carbocycles. The summed E-state index contributed by atoms with van der Waals surface area (Å²) < 4.78 is 0. The van der Waals surface area contributed by atoms with Crippen LogP contribution in [0.4, 0.5) is 0 Å². The van der Waals surface area contributed by atoms with Crippen LogP contribution >= 0.6 is 0 Å². The Balaban J connectivity index is 1.56. The fourth-order valence-electron chi connectivity index (χ4n) is 4.10. The molecule has 1 aliphatic rings. The Morgan fingerprint density at radius 2 is 1.32 bits per heavy atom. The highest BCUT2D eigenvalue weighted by Crippen LogP contribution is 2.44. The lowest BCUT2D eigenvalue weighted by atomic mass is 9.87. The Morgan fingerprint density at radius 1 is 0.680 bits per heavy atom. The topological polar surface area (TPSA) is 0 Å². The fraction of sp³-hybridized carbons (Fsp3) is 0.440. The van der Waals surface area contributed by atoms with E-state index in [4.69, 9.17) is 0 Å². The summed E-state index contributed by atoms with van der Waals surface area (Å²) in [4.78, 5) is 0. The van der Waals surface area contributed by atoms with Crippen LogP contribution < -0.4 is 0 Å². The van der Waals surface area contributed by atoms with Gasteiger partial charge in [-0.05, 0) is 28.7 Å². The lowest BCUT2D eigenvalue weighted by Crippen LogP contribution is -1.99. The van der Waals surface area contributed by atoms with Crippen LogP contribution in [0.3, 0.4) is 0 Å². The van der Waals surface area contributed by atoms with Gasteiger partial charge in [-0.3, -0.25) is 0 Å². The van der Waals surface area contributed by atoms with Crippen molar-refractivity contribution >= 4 is 11.6 Å². The van der Waals surface area contributed by atoms with Crippen LogP contribution in [-0.2, 0) is 0 Å². The van der Waals surface area contributed by atoms with Gasteiger partial charge in [0.15, 0.2) is 0 Å². The number of benzene rings is 2. The van der Waals surface area contributed by atoms with E-state index in [1.165, 1.54) is 80.1 Å². The van der Waals surface area contributed by atoms with Crippen molar-refractivity contribution in [2.24, 2.45) is 0 Å². The van der Waals surface area contributed by atoms with Crippen molar-refractivity contribution in [2.45, 2.75) is 70.6 Å². The maximum atomic E-state index is 2.42. The minimum Gasteiger partial charge on any atom is -0.0654 e. The zero-order valence-electron chi connectivity index (χ0n) is 15.7. The zero-order chi connectivity index (χ0) is 17.3. The van der Waals surface area contributed by atoms with Gasteiger partial charge in [-0.1, -0.05) is 119 Å². The Labute approximate surface area is 154 Å². The molecule has 1 unspecified atom stereocenters. The molecule has 0 heterocycles. The molecule has 0 radical (unpaired) electrons. The van der Waals surface area contributed by atoms with Crippen molar-refractivity contribution in [1.82, 2.24) is 0 Å². The Bertz CT molecular complexity index is 665. The Hall–Kier alpha value is -1.82. The third-order valence-electron chi connectivity index (χ3n) is 5.51. The average Bonchev–Trinajstić information content (AvgIpc) is 3.03. The molecule has 0 bridgehead atoms. The minimum absolute atomic E-state index is 0.582. The summed E-state index contributed by atoms with van der Waals surface area (Å²) in [5, 5.41) is 0. The SMILES string of the molecule is CCCCCCCCCCC1C(c2ccccc2)=Cc2ccccc21. The van der Waals surface area contributed by atoms with E-state index >= 15 is 0 Å². The van der Waals surface area contributed by atoms with Crippen LogP contribution in [0.25, 0.3) is 11.6 Å². The molecule has 132 valence electrons. The second-order valence-electron chi connectivity index (χ2n) is 7.41. The quantitative estimate of drug-likeness (QED) is 0.388. The van der Waals surface area contributed by atoms with Crippen LogP contribution in [0.2, 0.25) is 0 Å². The van der Waals surface area contributed by atoms with Crippen LogP contribution in [0.1, 0.15) is 87.3 Å². The van der Waals surface area contributed by atoms with Crippen molar-refractivity contribution in [3.05, 3.63) is 71.3 Å². The van der Waals surface area contributed by atoms with E-state index in [9.17, 15) is 0 Å². The molecule has 1 aliphatic carbocycles. The van der Waals surface area contributed by atoms with Gasteiger partial charge in [0, 0.05) is 5.92 Å². The van der Waals surface area contributed by atoms with E-state index in [0.717, 1.165) is 0 Å². The predicted molar refractivity (Wildman–Crippen MR) is 111 cm³/mol. The third kappa shape index (κ3) is 4.84. The van der Waals surface area contributed by atoms with E-state index in [0.29, 0.717) is 5.92 Å². The van der Waals surface area contributed by atoms with Gasteiger partial charge in [-0.25, -0.2) is 0 Å². The summed E-state index contributed by atoms with van der Waals surface area (Å²) in [5.74, 6) is 0.582. The average molecular weight is 333 g/mol. The van der Waals surface area contributed by atoms with Gasteiger partial charge in [0.1, 0.15) is 0 Å². The molecule has 0 N–H and O–H groups in total. The standard InChI is InChI=1S/C25H32/c1-2-3-4-5-6-7-8-12-19-24-23-18-14-13-17-22(23)20-25(24)21-15-10-9-11-16-21/h9-11,13-18,20,24H,2-8,12,19H2,1H3. The summed E-state index contributed by atoms with van der Waals surface area (Å²) >= 11 is 0. The summed E-state index contributed by atoms with van der Waals surface area (Å²) in [6.07, 6.45) is 14.9. The number of allylic oxidation sites excluding steroid dienone is 1. The highest BCUT2D eigenvalue weighted by atomic mass is 14.3. The largest absolute Gasteiger partial charge is 0.0654 e. The molecule has 3 rings (SSSR count). The number of unbranched alkanes of at least 4 members (excludes halogenated alkanes) is 7. The van der Waals surface area contributed by atoms with Crippen LogP contribution in [0.15, 0.2) is 54.6 Å². The Morgan fingerprint density at radius 3 is 2.08 bits per heavy atom. The second-order valence-corrected chi connectivity index (χ2v) is 7.41. The van der Waals surface area contributed by atoms with Crippen molar-refractivity contribution in [3.8, 4) is 0 Å². The molecule has 0 nitrogen and oxygen atoms in total. The van der Waals surface area contributed by atoms with Gasteiger partial charge >= 0.3 is 0 Å². The summed E-state index contributed by atoms with van der Waals surface area (Å²) in [7, 11) is 0. The first-order chi connectivity index (χ1) is 12.4. The molecule has 25 heavy (non-hydrogen) atoms. The fourth-order valence-corrected chi connectivity index (χ4v) is 4.10. The first-order valence-corrected chi connectivity index (χ1v) is 10.3. The second kappa shape index (κ2) is 9.61. The maximum absolute atomic E-state index is 2.42. The summed E-state index contributed by atoms with van der Waals surface area (Å²) in [5.41, 5.74) is 5.86. The minimum atomic E-state index is 0.582. The molecule has 0 fully saturated rings. The van der Waals surface area contributed by atoms with Gasteiger partial charge in [0.05, 0.1) is 0 Å². The number of rotatable bonds is 10. The molecule has 0 aromatic heterocycles. The highest BCUT2D eigenvalue weighted by Gasteiger charge is 2.25. The van der Waals surface area contributed by atoms with Gasteiger partial charge in [-0.15, -0.1) is 0 Å². The predicted octanol–water partition coefficient (Wildman–Crippen LogP) is 7.86. The first kappa shape index (κ1) is 18.0. The molecule has 0 amide bonds. The van der Waals surface area contributed by atoms with Gasteiger partial charge < -0.3 is 0 Å². The summed E-state index contributed by atoms with van der Waals surface area (Å²) in [6.45, 7) is 2.29. The smallest absolute Gasteiger partial charge is 0.0101 e. The monoisotopic (exact) mass is 332 g/mol. The van der Waals surface area contributed by atoms with E-state index in [1.807, 2.05) is 0 Å². The normalized spacial score (nSPS) is 15.9. The van der Waals surface area contributed by atoms with Crippen molar-refractivity contribution < 1.29 is 0 Å². The van der Waals surface area contributed by atoms with E-state index in [-0.39, 0.29) is 0 Å². The third-order valence-corrected chi connectivity index (χ3v) is 5.51. The molecular formula is C25H32. The molecule has 1 atom stereocenters. The first-order valence-electron chi connectivity index (χ1n) is 10.3. The number of fused-ring (bicyclic) bond motifs is 1.